The van der Waals surface area contributed by atoms with Gasteiger partial charge in [-0.1, -0.05) is 36.4 Å². The van der Waals surface area contributed by atoms with E-state index in [1.807, 2.05) is 42.6 Å². The van der Waals surface area contributed by atoms with Crippen LogP contribution < -0.4 is 5.48 Å². The van der Waals surface area contributed by atoms with Crippen molar-refractivity contribution in [1.82, 2.24) is 10.5 Å². The monoisotopic (exact) mass is 228 g/mol. The molecule has 0 bridgehead atoms. The molecule has 3 nitrogen and oxygen atoms in total. The number of nitrogens with zero attached hydrogens (tertiary/aromatic N) is 1. The summed E-state index contributed by atoms with van der Waals surface area (Å²) < 4.78 is 0. The van der Waals surface area contributed by atoms with Crippen molar-refractivity contribution in [3.8, 4) is 0 Å². The first-order valence-corrected chi connectivity index (χ1v) is 5.72. The van der Waals surface area contributed by atoms with E-state index in [-0.39, 0.29) is 0 Å². The van der Waals surface area contributed by atoms with Crippen molar-refractivity contribution in [2.24, 2.45) is 0 Å². The second-order valence-electron chi connectivity index (χ2n) is 3.78. The van der Waals surface area contributed by atoms with E-state index < -0.39 is 0 Å². The van der Waals surface area contributed by atoms with Crippen LogP contribution in [-0.2, 0) is 17.9 Å². The molecule has 0 saturated carbocycles. The second-order valence-corrected chi connectivity index (χ2v) is 3.78. The number of rotatable bonds is 6. The van der Waals surface area contributed by atoms with Crippen molar-refractivity contribution in [3.63, 3.8) is 0 Å². The van der Waals surface area contributed by atoms with Crippen LogP contribution in [0.25, 0.3) is 0 Å². The van der Waals surface area contributed by atoms with Crippen molar-refractivity contribution in [3.05, 3.63) is 66.0 Å². The normalized spacial score (nSPS) is 10.4. The Kier molecular flexibility index (Phi) is 4.69. The topological polar surface area (TPSA) is 34.1 Å². The number of pyridine rings is 1. The number of hydrogen-bond acceptors (Lipinski definition) is 3. The number of hydrogen-bond donors (Lipinski definition) is 1. The Bertz CT molecular complexity index is 375. The molecule has 0 atom stereocenters. The molecule has 1 heterocycles. The van der Waals surface area contributed by atoms with Gasteiger partial charge in [0.1, 0.15) is 0 Å². The van der Waals surface area contributed by atoms with Crippen molar-refractivity contribution in [2.45, 2.75) is 13.0 Å². The first-order chi connectivity index (χ1) is 8.45. The van der Waals surface area contributed by atoms with Crippen LogP contribution in [0.2, 0.25) is 0 Å². The molecule has 0 radical (unpaired) electrons. The Morgan fingerprint density at radius 3 is 2.59 bits per heavy atom. The Balaban J connectivity index is 1.61. The molecular weight excluding hydrogens is 212 g/mol. The lowest BCUT2D eigenvalue weighted by atomic mass is 10.2. The van der Waals surface area contributed by atoms with Gasteiger partial charge < -0.3 is 0 Å². The highest BCUT2D eigenvalue weighted by Gasteiger charge is 1.93. The second kappa shape index (κ2) is 6.78. The van der Waals surface area contributed by atoms with E-state index in [1.54, 1.807) is 6.20 Å². The standard InChI is InChI=1S/C14H16N2O/c1-2-5-14(6-3-1)12-17-16-10-8-13-7-4-9-15-11-13/h1-7,9,11,16H,8,10,12H2. The maximum absolute atomic E-state index is 5.37. The van der Waals surface area contributed by atoms with E-state index in [4.69, 9.17) is 4.84 Å². The fraction of sp³-hybridized carbons (Fsp3) is 0.214. The Morgan fingerprint density at radius 2 is 1.82 bits per heavy atom. The zero-order valence-corrected chi connectivity index (χ0v) is 9.67. The van der Waals surface area contributed by atoms with Crippen molar-refractivity contribution in [1.29, 1.82) is 0 Å². The van der Waals surface area contributed by atoms with Gasteiger partial charge in [0.2, 0.25) is 0 Å². The third-order valence-corrected chi connectivity index (χ3v) is 2.42. The molecule has 88 valence electrons. The van der Waals surface area contributed by atoms with E-state index in [2.05, 4.69) is 16.5 Å². The molecule has 2 rings (SSSR count). The van der Waals surface area contributed by atoms with Gasteiger partial charge >= 0.3 is 0 Å². The molecule has 1 aromatic heterocycles. The number of hydroxylamine groups is 1. The van der Waals surface area contributed by atoms with E-state index in [1.165, 1.54) is 11.1 Å². The summed E-state index contributed by atoms with van der Waals surface area (Å²) in [7, 11) is 0. The zero-order valence-electron chi connectivity index (χ0n) is 9.67. The van der Waals surface area contributed by atoms with Crippen LogP contribution in [0, 0.1) is 0 Å². The summed E-state index contributed by atoms with van der Waals surface area (Å²) >= 11 is 0. The molecule has 17 heavy (non-hydrogen) atoms. The minimum absolute atomic E-state index is 0.591. The molecular formula is C14H16N2O. The summed E-state index contributed by atoms with van der Waals surface area (Å²) in [5.74, 6) is 0. The van der Waals surface area contributed by atoms with Gasteiger partial charge in [-0.05, 0) is 23.6 Å². The molecule has 0 aliphatic rings. The van der Waals surface area contributed by atoms with Gasteiger partial charge in [0.05, 0.1) is 6.61 Å². The van der Waals surface area contributed by atoms with Crippen LogP contribution in [0.3, 0.4) is 0 Å². The number of aromatic nitrogens is 1. The largest absolute Gasteiger partial charge is 0.297 e. The maximum atomic E-state index is 5.37. The molecule has 3 heteroatoms. The first kappa shape index (κ1) is 11.8. The van der Waals surface area contributed by atoms with E-state index in [9.17, 15) is 0 Å². The van der Waals surface area contributed by atoms with Crippen LogP contribution in [0.1, 0.15) is 11.1 Å². The van der Waals surface area contributed by atoms with E-state index in [0.717, 1.165) is 13.0 Å². The quantitative estimate of drug-likeness (QED) is 0.608. The summed E-state index contributed by atoms with van der Waals surface area (Å²) in [6, 6.07) is 14.1. The van der Waals surface area contributed by atoms with Crippen LogP contribution in [0.4, 0.5) is 0 Å². The van der Waals surface area contributed by atoms with Crippen LogP contribution in [0.5, 0.6) is 0 Å². The number of benzene rings is 1. The highest BCUT2D eigenvalue weighted by atomic mass is 16.6. The molecule has 0 saturated heterocycles. The summed E-state index contributed by atoms with van der Waals surface area (Å²) in [6.45, 7) is 1.38. The van der Waals surface area contributed by atoms with E-state index >= 15 is 0 Å². The molecule has 2 aromatic rings. The molecule has 0 aliphatic carbocycles. The Hall–Kier alpha value is -1.71. The lowest BCUT2D eigenvalue weighted by Gasteiger charge is -2.05. The van der Waals surface area contributed by atoms with Crippen LogP contribution in [0.15, 0.2) is 54.9 Å². The summed E-state index contributed by atoms with van der Waals surface area (Å²) in [4.78, 5) is 9.43. The smallest absolute Gasteiger partial charge is 0.0933 e. The molecule has 1 aromatic carbocycles. The number of nitrogens with one attached hydrogen (secondary N) is 1. The molecule has 0 spiro atoms. The Labute approximate surface area is 101 Å². The van der Waals surface area contributed by atoms with Gasteiger partial charge in [0.15, 0.2) is 0 Å². The molecule has 0 unspecified atom stereocenters. The van der Waals surface area contributed by atoms with Crippen molar-refractivity contribution < 1.29 is 4.84 Å². The zero-order chi connectivity index (χ0) is 11.8. The van der Waals surface area contributed by atoms with Gasteiger partial charge in [-0.25, -0.2) is 5.48 Å². The average Bonchev–Trinajstić information content (AvgIpc) is 2.41. The maximum Gasteiger partial charge on any atom is 0.0933 e. The third kappa shape index (κ3) is 4.34. The van der Waals surface area contributed by atoms with Crippen molar-refractivity contribution in [2.75, 3.05) is 6.54 Å². The lowest BCUT2D eigenvalue weighted by molar-refractivity contribution is 0.0288. The van der Waals surface area contributed by atoms with Gasteiger partial charge in [0, 0.05) is 18.9 Å². The SMILES string of the molecule is c1ccc(CONCCc2cccnc2)cc1. The highest BCUT2D eigenvalue weighted by Crippen LogP contribution is 1.99. The predicted octanol–water partition coefficient (Wildman–Crippen LogP) is 2.35. The minimum Gasteiger partial charge on any atom is -0.297 e. The first-order valence-electron chi connectivity index (χ1n) is 5.72. The van der Waals surface area contributed by atoms with E-state index in [0.29, 0.717) is 6.61 Å². The third-order valence-electron chi connectivity index (χ3n) is 2.42. The summed E-state index contributed by atoms with van der Waals surface area (Å²) in [5, 5.41) is 0. The fourth-order valence-corrected chi connectivity index (χ4v) is 1.52. The Morgan fingerprint density at radius 1 is 1.00 bits per heavy atom. The van der Waals surface area contributed by atoms with Crippen LogP contribution >= 0.6 is 0 Å². The van der Waals surface area contributed by atoms with Crippen LogP contribution in [-0.4, -0.2) is 11.5 Å². The predicted molar refractivity (Wildman–Crippen MR) is 67.2 cm³/mol. The van der Waals surface area contributed by atoms with Gasteiger partial charge in [-0.15, -0.1) is 0 Å². The van der Waals surface area contributed by atoms with Crippen molar-refractivity contribution >= 4 is 0 Å². The van der Waals surface area contributed by atoms with Gasteiger partial charge in [-0.2, -0.15) is 0 Å². The van der Waals surface area contributed by atoms with Gasteiger partial charge in [-0.3, -0.25) is 9.82 Å². The fourth-order valence-electron chi connectivity index (χ4n) is 1.52. The molecule has 1 N–H and O–H groups in total. The molecule has 0 amide bonds. The van der Waals surface area contributed by atoms with Gasteiger partial charge in [0.25, 0.3) is 0 Å². The lowest BCUT2D eigenvalue weighted by Crippen LogP contribution is -2.17. The molecule has 0 fully saturated rings. The summed E-state index contributed by atoms with van der Waals surface area (Å²) in [6.07, 6.45) is 4.57. The highest BCUT2D eigenvalue weighted by molar-refractivity contribution is 5.13. The minimum atomic E-state index is 0.591. The molecule has 0 aliphatic heterocycles. The summed E-state index contributed by atoms with van der Waals surface area (Å²) in [5.41, 5.74) is 5.33. The average molecular weight is 228 g/mol.